The van der Waals surface area contributed by atoms with Crippen molar-refractivity contribution in [1.82, 2.24) is 0 Å². The number of hydrogen-bond acceptors (Lipinski definition) is 3. The van der Waals surface area contributed by atoms with Crippen LogP contribution in [-0.4, -0.2) is 31.4 Å². The van der Waals surface area contributed by atoms with E-state index in [4.69, 9.17) is 4.74 Å². The molecule has 3 nitrogen and oxygen atoms in total. The average molecular weight is 253 g/mol. The van der Waals surface area contributed by atoms with Gasteiger partial charge in [0.2, 0.25) is 0 Å². The zero-order valence-corrected chi connectivity index (χ0v) is 10.9. The summed E-state index contributed by atoms with van der Waals surface area (Å²) in [5.74, 6) is -0.360. The third-order valence-electron chi connectivity index (χ3n) is 3.36. The minimum atomic E-state index is -0.812. The van der Waals surface area contributed by atoms with Crippen molar-refractivity contribution in [3.05, 3.63) is 29.6 Å². The molecule has 0 aromatic heterocycles. The molecule has 1 aromatic carbocycles. The molecular formula is C14H20FNO2. The number of halogens is 1. The molecule has 100 valence electrons. The fraction of sp³-hybridized carbons (Fsp3) is 0.571. The second kappa shape index (κ2) is 5.67. The number of benzene rings is 1. The van der Waals surface area contributed by atoms with Gasteiger partial charge in [-0.15, -0.1) is 0 Å². The summed E-state index contributed by atoms with van der Waals surface area (Å²) in [6.07, 6.45) is 1.53. The molecule has 2 rings (SSSR count). The van der Waals surface area contributed by atoms with Crippen LogP contribution >= 0.6 is 0 Å². The zero-order chi connectivity index (χ0) is 13.1. The van der Waals surface area contributed by atoms with Gasteiger partial charge in [0, 0.05) is 31.5 Å². The predicted molar refractivity (Wildman–Crippen MR) is 69.3 cm³/mol. The van der Waals surface area contributed by atoms with E-state index in [1.165, 1.54) is 6.07 Å². The summed E-state index contributed by atoms with van der Waals surface area (Å²) in [7, 11) is 1.91. The first-order chi connectivity index (χ1) is 8.59. The monoisotopic (exact) mass is 253 g/mol. The van der Waals surface area contributed by atoms with Gasteiger partial charge >= 0.3 is 0 Å². The van der Waals surface area contributed by atoms with Gasteiger partial charge in [-0.3, -0.25) is 0 Å². The quantitative estimate of drug-likeness (QED) is 0.895. The molecule has 18 heavy (non-hydrogen) atoms. The number of nitrogens with zero attached hydrogens (tertiary/aromatic N) is 1. The molecule has 0 bridgehead atoms. The second-order valence-corrected chi connectivity index (χ2v) is 4.86. The van der Waals surface area contributed by atoms with E-state index in [0.29, 0.717) is 5.56 Å². The lowest BCUT2D eigenvalue weighted by Gasteiger charge is -2.26. The number of aliphatic hydroxyl groups excluding tert-OH is 1. The molecule has 1 saturated heterocycles. The smallest absolute Gasteiger partial charge is 0.131 e. The number of rotatable bonds is 4. The summed E-state index contributed by atoms with van der Waals surface area (Å²) >= 11 is 0. The zero-order valence-electron chi connectivity index (χ0n) is 10.9. The van der Waals surface area contributed by atoms with Crippen molar-refractivity contribution in [2.75, 3.05) is 25.1 Å². The lowest BCUT2D eigenvalue weighted by atomic mass is 10.1. The summed E-state index contributed by atoms with van der Waals surface area (Å²) in [6.45, 7) is 3.12. The van der Waals surface area contributed by atoms with E-state index in [9.17, 15) is 9.50 Å². The Morgan fingerprint density at radius 2 is 2.33 bits per heavy atom. The van der Waals surface area contributed by atoms with Crippen molar-refractivity contribution in [3.8, 4) is 0 Å². The van der Waals surface area contributed by atoms with Crippen LogP contribution in [-0.2, 0) is 4.74 Å². The normalized spacial score (nSPS) is 21.0. The van der Waals surface area contributed by atoms with Crippen LogP contribution in [0.5, 0.6) is 0 Å². The maximum Gasteiger partial charge on any atom is 0.131 e. The van der Waals surface area contributed by atoms with Gasteiger partial charge in [0.1, 0.15) is 5.82 Å². The van der Waals surface area contributed by atoms with Crippen LogP contribution in [0.1, 0.15) is 31.4 Å². The summed E-state index contributed by atoms with van der Waals surface area (Å²) in [5.41, 5.74) is 1.10. The number of ether oxygens (including phenoxy) is 1. The molecule has 1 fully saturated rings. The van der Waals surface area contributed by atoms with Gasteiger partial charge in [-0.1, -0.05) is 6.07 Å². The van der Waals surface area contributed by atoms with Crippen LogP contribution in [0.2, 0.25) is 0 Å². The molecule has 0 amide bonds. The molecule has 1 heterocycles. The lowest BCUT2D eigenvalue weighted by Crippen LogP contribution is -2.29. The Kier molecular flexibility index (Phi) is 4.19. The van der Waals surface area contributed by atoms with E-state index in [1.807, 2.05) is 18.0 Å². The highest BCUT2D eigenvalue weighted by molar-refractivity contribution is 5.54. The van der Waals surface area contributed by atoms with Crippen molar-refractivity contribution >= 4 is 5.69 Å². The second-order valence-electron chi connectivity index (χ2n) is 4.86. The Labute approximate surface area is 107 Å². The summed E-state index contributed by atoms with van der Waals surface area (Å²) in [6, 6.07) is 4.88. The predicted octanol–water partition coefficient (Wildman–Crippen LogP) is 2.49. The molecule has 0 spiro atoms. The van der Waals surface area contributed by atoms with Gasteiger partial charge in [0.05, 0.1) is 12.2 Å². The maximum atomic E-state index is 13.8. The van der Waals surface area contributed by atoms with Gasteiger partial charge in [0.15, 0.2) is 0 Å². The first kappa shape index (κ1) is 13.3. The molecule has 0 radical (unpaired) electrons. The molecule has 0 saturated carbocycles. The Balaban J connectivity index is 2.18. The molecular weight excluding hydrogens is 233 g/mol. The van der Waals surface area contributed by atoms with E-state index in [0.717, 1.165) is 31.7 Å². The Hall–Kier alpha value is -1.13. The van der Waals surface area contributed by atoms with Crippen LogP contribution in [0.4, 0.5) is 10.1 Å². The largest absolute Gasteiger partial charge is 0.389 e. The standard InChI is InChI=1S/C14H20FNO2/c1-10(17)14-12(15)6-3-7-13(14)16(2)9-11-5-4-8-18-11/h3,6-7,10-11,17H,4-5,8-9H2,1-2H3/t10-,11?/m0/s1. The molecule has 0 aliphatic carbocycles. The Morgan fingerprint density at radius 3 is 2.94 bits per heavy atom. The molecule has 1 aromatic rings. The van der Waals surface area contributed by atoms with Crippen molar-refractivity contribution in [3.63, 3.8) is 0 Å². The minimum absolute atomic E-state index is 0.208. The van der Waals surface area contributed by atoms with E-state index in [1.54, 1.807) is 13.0 Å². The van der Waals surface area contributed by atoms with Crippen molar-refractivity contribution in [1.29, 1.82) is 0 Å². The summed E-state index contributed by atoms with van der Waals surface area (Å²) in [4.78, 5) is 1.96. The van der Waals surface area contributed by atoms with E-state index < -0.39 is 6.10 Å². The molecule has 4 heteroatoms. The fourth-order valence-corrected chi connectivity index (χ4v) is 2.46. The fourth-order valence-electron chi connectivity index (χ4n) is 2.46. The SMILES string of the molecule is C[C@H](O)c1c(F)cccc1N(C)CC1CCCO1. The highest BCUT2D eigenvalue weighted by Gasteiger charge is 2.21. The molecule has 1 N–H and O–H groups in total. The van der Waals surface area contributed by atoms with Gasteiger partial charge in [0.25, 0.3) is 0 Å². The van der Waals surface area contributed by atoms with Crippen LogP contribution in [0.15, 0.2) is 18.2 Å². The highest BCUT2D eigenvalue weighted by atomic mass is 19.1. The number of aliphatic hydroxyl groups is 1. The Morgan fingerprint density at radius 1 is 1.56 bits per heavy atom. The minimum Gasteiger partial charge on any atom is -0.389 e. The third-order valence-corrected chi connectivity index (χ3v) is 3.36. The van der Waals surface area contributed by atoms with E-state index in [-0.39, 0.29) is 11.9 Å². The molecule has 1 aliphatic rings. The first-order valence-electron chi connectivity index (χ1n) is 6.39. The van der Waals surface area contributed by atoms with Crippen LogP contribution in [0.25, 0.3) is 0 Å². The topological polar surface area (TPSA) is 32.7 Å². The Bertz CT molecular complexity index is 403. The van der Waals surface area contributed by atoms with Gasteiger partial charge in [-0.05, 0) is 31.9 Å². The van der Waals surface area contributed by atoms with Gasteiger partial charge in [-0.25, -0.2) is 4.39 Å². The molecule has 2 atom stereocenters. The summed E-state index contributed by atoms with van der Waals surface area (Å²) < 4.78 is 19.3. The number of anilines is 1. The van der Waals surface area contributed by atoms with Crippen LogP contribution < -0.4 is 4.90 Å². The molecule has 1 unspecified atom stereocenters. The van der Waals surface area contributed by atoms with Crippen molar-refractivity contribution in [2.24, 2.45) is 0 Å². The van der Waals surface area contributed by atoms with Gasteiger partial charge in [-0.2, -0.15) is 0 Å². The summed E-state index contributed by atoms with van der Waals surface area (Å²) in [5, 5.41) is 9.70. The number of likely N-dealkylation sites (N-methyl/N-ethyl adjacent to an activating group) is 1. The highest BCUT2D eigenvalue weighted by Crippen LogP contribution is 2.29. The first-order valence-corrected chi connectivity index (χ1v) is 6.39. The van der Waals surface area contributed by atoms with Crippen LogP contribution in [0, 0.1) is 5.82 Å². The lowest BCUT2D eigenvalue weighted by molar-refractivity contribution is 0.116. The van der Waals surface area contributed by atoms with Gasteiger partial charge < -0.3 is 14.7 Å². The maximum absolute atomic E-state index is 13.8. The number of hydrogen-bond donors (Lipinski definition) is 1. The van der Waals surface area contributed by atoms with Crippen LogP contribution in [0.3, 0.4) is 0 Å². The van der Waals surface area contributed by atoms with E-state index >= 15 is 0 Å². The van der Waals surface area contributed by atoms with E-state index in [2.05, 4.69) is 0 Å². The molecule has 1 aliphatic heterocycles. The third kappa shape index (κ3) is 2.82. The average Bonchev–Trinajstić information content (AvgIpc) is 2.80. The van der Waals surface area contributed by atoms with Crippen molar-refractivity contribution in [2.45, 2.75) is 32.0 Å². The van der Waals surface area contributed by atoms with Crippen molar-refractivity contribution < 1.29 is 14.2 Å².